The smallest absolute Gasteiger partial charge is 0.281 e. The highest BCUT2D eigenvalue weighted by Crippen LogP contribution is 2.23. The maximum atomic E-state index is 13.3. The number of carbonyl (C=O) groups excluding carboxylic acids is 1. The summed E-state index contributed by atoms with van der Waals surface area (Å²) >= 11 is 0. The number of piperazine rings is 1. The Balaban J connectivity index is 1.27. The van der Waals surface area contributed by atoms with Crippen LogP contribution in [0.2, 0.25) is 0 Å². The fraction of sp³-hybridized carbons (Fsp3) is 0.185. The maximum absolute atomic E-state index is 13.3. The highest BCUT2D eigenvalue weighted by Gasteiger charge is 2.23. The monoisotopic (exact) mass is 464 g/mol. The van der Waals surface area contributed by atoms with Gasteiger partial charge < -0.3 is 4.90 Å². The van der Waals surface area contributed by atoms with Gasteiger partial charge in [-0.25, -0.2) is 9.73 Å². The van der Waals surface area contributed by atoms with E-state index < -0.39 is 0 Å². The van der Waals surface area contributed by atoms with Crippen LogP contribution in [0.1, 0.15) is 15.9 Å². The van der Waals surface area contributed by atoms with Crippen LogP contribution in [0.3, 0.4) is 0 Å². The van der Waals surface area contributed by atoms with Crippen molar-refractivity contribution < 1.29 is 4.79 Å². The molecule has 0 radical (unpaired) electrons. The predicted octanol–water partition coefficient (Wildman–Crippen LogP) is 3.20. The molecule has 0 unspecified atom stereocenters. The number of nitrogens with zero attached hydrogens (tertiary/aromatic N) is 5. The van der Waals surface area contributed by atoms with Crippen molar-refractivity contribution in [2.75, 3.05) is 26.2 Å². The summed E-state index contributed by atoms with van der Waals surface area (Å²) < 4.78 is 1.67. The van der Waals surface area contributed by atoms with E-state index in [4.69, 9.17) is 0 Å². The van der Waals surface area contributed by atoms with Gasteiger partial charge in [-0.15, -0.1) is 0 Å². The van der Waals surface area contributed by atoms with E-state index in [1.807, 2.05) is 41.3 Å². The quantitative estimate of drug-likeness (QED) is 0.442. The van der Waals surface area contributed by atoms with Crippen molar-refractivity contribution >= 4 is 22.5 Å². The first-order chi connectivity index (χ1) is 17.2. The summed E-state index contributed by atoms with van der Waals surface area (Å²) in [5.74, 6) is -0.0351. The minimum Gasteiger partial charge on any atom is -0.336 e. The first kappa shape index (κ1) is 21.2. The fourth-order valence-electron chi connectivity index (χ4n) is 4.68. The molecule has 8 heteroatoms. The zero-order chi connectivity index (χ0) is 23.8. The second kappa shape index (κ2) is 8.81. The molecule has 174 valence electrons. The van der Waals surface area contributed by atoms with Crippen LogP contribution in [0.5, 0.6) is 0 Å². The van der Waals surface area contributed by atoms with Gasteiger partial charge in [0.25, 0.3) is 11.5 Å². The van der Waals surface area contributed by atoms with Crippen molar-refractivity contribution in [2.24, 2.45) is 0 Å². The average Bonchev–Trinajstić information content (AvgIpc) is 3.34. The maximum Gasteiger partial charge on any atom is 0.281 e. The molecule has 1 aliphatic heterocycles. The number of carbonyl (C=O) groups is 1. The van der Waals surface area contributed by atoms with E-state index >= 15 is 0 Å². The number of aromatic amines is 1. The standard InChI is InChI=1S/C27H24N6O2/c34-26-22-12-11-21(27(35)32-15-13-31(14-16-32)18-19-7-3-1-4-8-19)17-23(22)33-25(28-26)24(29-30-33)20-9-5-2-6-10-20/h1-12,17,30H,13-16,18H2. The Labute approximate surface area is 201 Å². The number of amides is 1. The molecule has 35 heavy (non-hydrogen) atoms. The third kappa shape index (κ3) is 3.98. The topological polar surface area (TPSA) is 86.6 Å². The molecule has 0 aliphatic carbocycles. The van der Waals surface area contributed by atoms with Gasteiger partial charge in [0.15, 0.2) is 5.65 Å². The van der Waals surface area contributed by atoms with Crippen LogP contribution in [-0.4, -0.2) is 61.7 Å². The fourth-order valence-corrected chi connectivity index (χ4v) is 4.68. The van der Waals surface area contributed by atoms with Crippen molar-refractivity contribution in [3.8, 4) is 11.3 Å². The predicted molar refractivity (Wildman–Crippen MR) is 134 cm³/mol. The molecule has 1 N–H and O–H groups in total. The zero-order valence-electron chi connectivity index (χ0n) is 19.1. The number of fused-ring (bicyclic) bond motifs is 3. The summed E-state index contributed by atoms with van der Waals surface area (Å²) in [6.45, 7) is 3.86. The van der Waals surface area contributed by atoms with Gasteiger partial charge in [0.2, 0.25) is 0 Å². The Morgan fingerprint density at radius 1 is 0.886 bits per heavy atom. The Morgan fingerprint density at radius 2 is 1.60 bits per heavy atom. The lowest BCUT2D eigenvalue weighted by Crippen LogP contribution is -2.48. The van der Waals surface area contributed by atoms with Crippen molar-refractivity contribution in [1.82, 2.24) is 29.6 Å². The molecule has 1 amide bonds. The van der Waals surface area contributed by atoms with E-state index in [2.05, 4.69) is 44.5 Å². The van der Waals surface area contributed by atoms with Gasteiger partial charge in [0.05, 0.1) is 10.9 Å². The van der Waals surface area contributed by atoms with Crippen molar-refractivity contribution in [3.05, 3.63) is 100 Å². The number of hydrogen-bond acceptors (Lipinski definition) is 5. The van der Waals surface area contributed by atoms with E-state index in [0.29, 0.717) is 40.9 Å². The number of aromatic nitrogens is 4. The Hall–Kier alpha value is -4.30. The third-order valence-corrected chi connectivity index (χ3v) is 6.56. The van der Waals surface area contributed by atoms with Crippen LogP contribution >= 0.6 is 0 Å². The molecule has 2 aromatic heterocycles. The molecule has 0 spiro atoms. The van der Waals surface area contributed by atoms with Crippen LogP contribution in [0, 0.1) is 0 Å². The van der Waals surface area contributed by atoms with Crippen LogP contribution in [0.25, 0.3) is 27.8 Å². The summed E-state index contributed by atoms with van der Waals surface area (Å²) in [7, 11) is 0. The highest BCUT2D eigenvalue weighted by atomic mass is 16.2. The molecule has 0 atom stereocenters. The molecule has 3 aromatic carbocycles. The summed E-state index contributed by atoms with van der Waals surface area (Å²) in [6.07, 6.45) is 0. The lowest BCUT2D eigenvalue weighted by molar-refractivity contribution is 0.0628. The second-order valence-corrected chi connectivity index (χ2v) is 8.79. The summed E-state index contributed by atoms with van der Waals surface area (Å²) in [5.41, 5.74) is 3.96. The zero-order valence-corrected chi connectivity index (χ0v) is 19.1. The van der Waals surface area contributed by atoms with Crippen LogP contribution in [0.4, 0.5) is 0 Å². The van der Waals surface area contributed by atoms with Crippen LogP contribution < -0.4 is 5.56 Å². The van der Waals surface area contributed by atoms with Crippen molar-refractivity contribution in [1.29, 1.82) is 0 Å². The highest BCUT2D eigenvalue weighted by molar-refractivity contribution is 5.98. The molecule has 0 saturated carbocycles. The van der Waals surface area contributed by atoms with Gasteiger partial charge in [-0.1, -0.05) is 60.7 Å². The molecule has 0 bridgehead atoms. The van der Waals surface area contributed by atoms with E-state index in [-0.39, 0.29) is 11.5 Å². The Kier molecular flexibility index (Phi) is 5.35. The van der Waals surface area contributed by atoms with E-state index in [1.165, 1.54) is 5.56 Å². The molecule has 8 nitrogen and oxygen atoms in total. The summed E-state index contributed by atoms with van der Waals surface area (Å²) in [4.78, 5) is 34.6. The lowest BCUT2D eigenvalue weighted by Gasteiger charge is -2.34. The van der Waals surface area contributed by atoms with Gasteiger partial charge in [-0.3, -0.25) is 14.5 Å². The van der Waals surface area contributed by atoms with Crippen molar-refractivity contribution in [3.63, 3.8) is 0 Å². The van der Waals surface area contributed by atoms with E-state index in [1.54, 1.807) is 22.7 Å². The lowest BCUT2D eigenvalue weighted by atomic mass is 10.1. The van der Waals surface area contributed by atoms with Gasteiger partial charge in [-0.2, -0.15) is 10.1 Å². The van der Waals surface area contributed by atoms with E-state index in [9.17, 15) is 9.59 Å². The van der Waals surface area contributed by atoms with Gasteiger partial charge >= 0.3 is 0 Å². The number of nitrogens with one attached hydrogen (secondary N) is 1. The minimum atomic E-state index is -0.341. The van der Waals surface area contributed by atoms with Gasteiger partial charge in [0, 0.05) is 43.9 Å². The van der Waals surface area contributed by atoms with Crippen LogP contribution in [-0.2, 0) is 6.54 Å². The molecule has 6 rings (SSSR count). The normalized spacial score (nSPS) is 14.6. The number of hydrogen-bond donors (Lipinski definition) is 1. The van der Waals surface area contributed by atoms with Gasteiger partial charge in [-0.05, 0) is 23.8 Å². The molecule has 3 heterocycles. The second-order valence-electron chi connectivity index (χ2n) is 8.79. The van der Waals surface area contributed by atoms with Gasteiger partial charge in [0.1, 0.15) is 5.69 Å². The third-order valence-electron chi connectivity index (χ3n) is 6.56. The van der Waals surface area contributed by atoms with E-state index in [0.717, 1.165) is 25.2 Å². The first-order valence-electron chi connectivity index (χ1n) is 11.7. The Morgan fingerprint density at radius 3 is 2.34 bits per heavy atom. The van der Waals surface area contributed by atoms with Crippen molar-refractivity contribution in [2.45, 2.75) is 6.54 Å². The summed E-state index contributed by atoms with van der Waals surface area (Å²) in [6, 6.07) is 25.1. The minimum absolute atomic E-state index is 0.0351. The number of rotatable bonds is 4. The molecule has 5 aromatic rings. The summed E-state index contributed by atoms with van der Waals surface area (Å²) in [5, 5.41) is 7.80. The van der Waals surface area contributed by atoms with Crippen LogP contribution in [0.15, 0.2) is 83.7 Å². The first-order valence-corrected chi connectivity index (χ1v) is 11.7. The molecular weight excluding hydrogens is 440 g/mol. The Bertz CT molecular complexity index is 1570. The average molecular weight is 465 g/mol. The SMILES string of the molecule is O=C(c1ccc2c(=O)nc3c(-c4ccccc4)n[nH]n3c2c1)N1CCN(Cc2ccccc2)CC1. The number of H-pyrrole nitrogens is 1. The molecule has 1 fully saturated rings. The molecular formula is C27H24N6O2. The largest absolute Gasteiger partial charge is 0.336 e. The molecule has 1 aliphatic rings. The number of benzene rings is 3. The molecule has 1 saturated heterocycles.